The Labute approximate surface area is 133 Å². The predicted molar refractivity (Wildman–Crippen MR) is 83.7 cm³/mol. The molecule has 0 unspecified atom stereocenters. The lowest BCUT2D eigenvalue weighted by Gasteiger charge is -2.13. The summed E-state index contributed by atoms with van der Waals surface area (Å²) in [5, 5.41) is 0. The van der Waals surface area contributed by atoms with E-state index in [1.165, 1.54) is 17.0 Å². The molecular formula is C17H17FN2O3. The maximum Gasteiger partial charge on any atom is 0.255 e. The van der Waals surface area contributed by atoms with Crippen LogP contribution >= 0.6 is 0 Å². The van der Waals surface area contributed by atoms with Crippen LogP contribution in [0, 0.1) is 5.82 Å². The molecule has 2 amide bonds. The molecule has 0 bridgehead atoms. The maximum absolute atomic E-state index is 13.7. The first-order chi connectivity index (χ1) is 10.9. The van der Waals surface area contributed by atoms with Crippen LogP contribution in [0.1, 0.15) is 26.3 Å². The molecule has 0 atom stereocenters. The van der Waals surface area contributed by atoms with E-state index in [2.05, 4.69) is 0 Å². The molecule has 0 fully saturated rings. The van der Waals surface area contributed by atoms with Crippen molar-refractivity contribution in [2.75, 3.05) is 14.1 Å². The first-order valence-electron chi connectivity index (χ1n) is 6.92. The van der Waals surface area contributed by atoms with Gasteiger partial charge in [0.2, 0.25) is 0 Å². The number of hydrogen-bond acceptors (Lipinski definition) is 3. The van der Waals surface area contributed by atoms with Crippen molar-refractivity contribution in [3.05, 3.63) is 65.0 Å². The van der Waals surface area contributed by atoms with E-state index in [0.29, 0.717) is 5.56 Å². The molecule has 0 saturated carbocycles. The van der Waals surface area contributed by atoms with Crippen LogP contribution in [0.15, 0.2) is 42.5 Å². The van der Waals surface area contributed by atoms with Gasteiger partial charge < -0.3 is 15.4 Å². The molecule has 0 aromatic heterocycles. The zero-order valence-electron chi connectivity index (χ0n) is 12.9. The number of nitrogens with two attached hydrogens (primary N) is 1. The molecule has 0 heterocycles. The molecule has 0 aliphatic carbocycles. The van der Waals surface area contributed by atoms with Crippen LogP contribution in [0.5, 0.6) is 5.75 Å². The first kappa shape index (κ1) is 16.5. The lowest BCUT2D eigenvalue weighted by molar-refractivity contribution is 0.0827. The van der Waals surface area contributed by atoms with Crippen molar-refractivity contribution in [2.45, 2.75) is 6.61 Å². The Morgan fingerprint density at radius 3 is 2.52 bits per heavy atom. The molecule has 5 nitrogen and oxygen atoms in total. The van der Waals surface area contributed by atoms with E-state index in [9.17, 15) is 14.0 Å². The molecule has 6 heteroatoms. The summed E-state index contributed by atoms with van der Waals surface area (Å²) >= 11 is 0. The second-order valence-corrected chi connectivity index (χ2v) is 5.17. The number of primary amides is 1. The van der Waals surface area contributed by atoms with Crippen LogP contribution in [0.2, 0.25) is 0 Å². The number of carbonyl (C=O) groups is 2. The normalized spacial score (nSPS) is 10.2. The van der Waals surface area contributed by atoms with Crippen molar-refractivity contribution in [2.24, 2.45) is 5.73 Å². The Kier molecular flexibility index (Phi) is 4.95. The van der Waals surface area contributed by atoms with Crippen molar-refractivity contribution in [1.29, 1.82) is 0 Å². The van der Waals surface area contributed by atoms with Gasteiger partial charge in [-0.05, 0) is 29.8 Å². The number of nitrogens with zero attached hydrogens (tertiary/aromatic N) is 1. The number of hydrogen-bond donors (Lipinski definition) is 1. The number of amides is 2. The Hall–Kier alpha value is -2.89. The van der Waals surface area contributed by atoms with Gasteiger partial charge in [0.1, 0.15) is 23.7 Å². The standard InChI is InChI=1S/C17H17FN2O3/c1-20(2)17(22)12-6-3-5-11(9-12)10-23-14-8-4-7-13(18)15(14)16(19)21/h3-9H,10H2,1-2H3,(H2,19,21). The largest absolute Gasteiger partial charge is 0.488 e. The minimum Gasteiger partial charge on any atom is -0.488 e. The summed E-state index contributed by atoms with van der Waals surface area (Å²) in [5.41, 5.74) is 6.13. The summed E-state index contributed by atoms with van der Waals surface area (Å²) in [6, 6.07) is 10.9. The fourth-order valence-electron chi connectivity index (χ4n) is 2.08. The van der Waals surface area contributed by atoms with Crippen LogP contribution < -0.4 is 10.5 Å². The number of benzene rings is 2. The number of rotatable bonds is 5. The third-order valence-corrected chi connectivity index (χ3v) is 3.20. The van der Waals surface area contributed by atoms with Gasteiger partial charge in [0.15, 0.2) is 0 Å². The van der Waals surface area contributed by atoms with E-state index < -0.39 is 11.7 Å². The molecule has 2 aromatic rings. The zero-order chi connectivity index (χ0) is 17.0. The lowest BCUT2D eigenvalue weighted by Crippen LogP contribution is -2.21. The molecule has 0 spiro atoms. The van der Waals surface area contributed by atoms with Gasteiger partial charge in [0.25, 0.3) is 11.8 Å². The Morgan fingerprint density at radius 2 is 1.87 bits per heavy atom. The van der Waals surface area contributed by atoms with Crippen molar-refractivity contribution in [1.82, 2.24) is 4.90 Å². The van der Waals surface area contributed by atoms with Gasteiger partial charge in [-0.15, -0.1) is 0 Å². The molecule has 2 N–H and O–H groups in total. The second kappa shape index (κ2) is 6.91. The number of carbonyl (C=O) groups excluding carboxylic acids is 2. The molecule has 23 heavy (non-hydrogen) atoms. The molecule has 0 aliphatic heterocycles. The minimum atomic E-state index is -0.894. The first-order valence-corrected chi connectivity index (χ1v) is 6.92. The van der Waals surface area contributed by atoms with Crippen LogP contribution in [0.25, 0.3) is 0 Å². The summed E-state index contributed by atoms with van der Waals surface area (Å²) < 4.78 is 19.1. The maximum atomic E-state index is 13.7. The van der Waals surface area contributed by atoms with Crippen molar-refractivity contribution >= 4 is 11.8 Å². The minimum absolute atomic E-state index is 0.0711. The van der Waals surface area contributed by atoms with Gasteiger partial charge >= 0.3 is 0 Å². The number of ether oxygens (including phenoxy) is 1. The summed E-state index contributed by atoms with van der Waals surface area (Å²) in [6.45, 7) is 0.0816. The molecule has 0 radical (unpaired) electrons. The SMILES string of the molecule is CN(C)C(=O)c1cccc(COc2cccc(F)c2C(N)=O)c1. The highest BCUT2D eigenvalue weighted by Crippen LogP contribution is 2.22. The topological polar surface area (TPSA) is 72.6 Å². The molecule has 0 aliphatic rings. The quantitative estimate of drug-likeness (QED) is 0.919. The van der Waals surface area contributed by atoms with E-state index in [1.54, 1.807) is 38.4 Å². The smallest absolute Gasteiger partial charge is 0.255 e. The average Bonchev–Trinajstić information content (AvgIpc) is 2.52. The fraction of sp³-hybridized carbons (Fsp3) is 0.176. The van der Waals surface area contributed by atoms with Crippen LogP contribution in [-0.2, 0) is 6.61 Å². The highest BCUT2D eigenvalue weighted by atomic mass is 19.1. The van der Waals surface area contributed by atoms with E-state index >= 15 is 0 Å². The van der Waals surface area contributed by atoms with Crippen LogP contribution in [-0.4, -0.2) is 30.8 Å². The molecular weight excluding hydrogens is 299 g/mol. The zero-order valence-corrected chi connectivity index (χ0v) is 12.9. The molecule has 120 valence electrons. The lowest BCUT2D eigenvalue weighted by atomic mass is 10.1. The summed E-state index contributed by atoms with van der Waals surface area (Å²) in [5.74, 6) is -1.68. The monoisotopic (exact) mass is 316 g/mol. The Balaban J connectivity index is 2.19. The van der Waals surface area contributed by atoms with E-state index in [0.717, 1.165) is 11.6 Å². The summed E-state index contributed by atoms with van der Waals surface area (Å²) in [7, 11) is 3.33. The highest BCUT2D eigenvalue weighted by Gasteiger charge is 2.15. The average molecular weight is 316 g/mol. The van der Waals surface area contributed by atoms with Gasteiger partial charge in [-0.3, -0.25) is 9.59 Å². The van der Waals surface area contributed by atoms with Gasteiger partial charge in [-0.25, -0.2) is 4.39 Å². The van der Waals surface area contributed by atoms with Crippen LogP contribution in [0.4, 0.5) is 4.39 Å². The van der Waals surface area contributed by atoms with Crippen molar-refractivity contribution in [3.63, 3.8) is 0 Å². The van der Waals surface area contributed by atoms with E-state index in [4.69, 9.17) is 10.5 Å². The Morgan fingerprint density at radius 1 is 1.17 bits per heavy atom. The van der Waals surface area contributed by atoms with Crippen molar-refractivity contribution < 1.29 is 18.7 Å². The molecule has 0 saturated heterocycles. The third-order valence-electron chi connectivity index (χ3n) is 3.20. The van der Waals surface area contributed by atoms with Gasteiger partial charge in [0, 0.05) is 19.7 Å². The van der Waals surface area contributed by atoms with Crippen molar-refractivity contribution in [3.8, 4) is 5.75 Å². The van der Waals surface area contributed by atoms with E-state index in [1.807, 2.05) is 0 Å². The van der Waals surface area contributed by atoms with Gasteiger partial charge in [0.05, 0.1) is 0 Å². The Bertz CT molecular complexity index is 744. The molecule has 2 rings (SSSR count). The van der Waals surface area contributed by atoms with Gasteiger partial charge in [-0.2, -0.15) is 0 Å². The van der Waals surface area contributed by atoms with Crippen LogP contribution in [0.3, 0.4) is 0 Å². The third kappa shape index (κ3) is 3.85. The van der Waals surface area contributed by atoms with Gasteiger partial charge in [-0.1, -0.05) is 18.2 Å². The predicted octanol–water partition coefficient (Wildman–Crippen LogP) is 2.21. The van der Waals surface area contributed by atoms with E-state index in [-0.39, 0.29) is 23.8 Å². The fourth-order valence-corrected chi connectivity index (χ4v) is 2.08. The number of halogens is 1. The molecule has 2 aromatic carbocycles. The summed E-state index contributed by atoms with van der Waals surface area (Å²) in [6.07, 6.45) is 0. The summed E-state index contributed by atoms with van der Waals surface area (Å²) in [4.78, 5) is 24.7. The second-order valence-electron chi connectivity index (χ2n) is 5.17. The highest BCUT2D eigenvalue weighted by molar-refractivity contribution is 5.96.